The number of anilines is 1. The van der Waals surface area contributed by atoms with Crippen LogP contribution in [0.1, 0.15) is 35.1 Å². The first-order valence-corrected chi connectivity index (χ1v) is 12.7. The predicted molar refractivity (Wildman–Crippen MR) is 147 cm³/mol. The third kappa shape index (κ3) is 5.81. The van der Waals surface area contributed by atoms with E-state index in [2.05, 4.69) is 35.9 Å². The molecule has 4 aromatic rings. The summed E-state index contributed by atoms with van der Waals surface area (Å²) in [6, 6.07) is 9.62. The Morgan fingerprint density at radius 1 is 1.18 bits per heavy atom. The van der Waals surface area contributed by atoms with E-state index in [0.717, 1.165) is 59.2 Å². The lowest BCUT2D eigenvalue weighted by Gasteiger charge is -2.23. The minimum atomic E-state index is -0.530. The maximum Gasteiger partial charge on any atom is 0.218 e. The molecule has 9 nitrogen and oxygen atoms in total. The number of nitrogens with one attached hydrogen (secondary N) is 5. The highest BCUT2D eigenvalue weighted by atomic mass is 19.1. The zero-order chi connectivity index (χ0) is 26.3. The number of fused-ring (bicyclic) bond motifs is 1. The number of ether oxygens (including phenoxy) is 1. The molecule has 0 aliphatic carbocycles. The molecule has 4 aromatic heterocycles. The second-order valence-corrected chi connectivity index (χ2v) is 9.22. The molecule has 5 heterocycles. The van der Waals surface area contributed by atoms with Crippen molar-refractivity contribution in [1.29, 1.82) is 5.41 Å². The van der Waals surface area contributed by atoms with Gasteiger partial charge in [0.05, 0.1) is 7.11 Å². The molecule has 0 bridgehead atoms. The Hall–Kier alpha value is -4.31. The van der Waals surface area contributed by atoms with E-state index in [1.165, 1.54) is 6.21 Å². The maximum absolute atomic E-state index is 15.0. The lowest BCUT2D eigenvalue weighted by molar-refractivity contribution is 0.393. The highest BCUT2D eigenvalue weighted by Gasteiger charge is 2.14. The lowest BCUT2D eigenvalue weighted by Crippen LogP contribution is -2.37. The molecule has 1 aliphatic rings. The number of allylic oxidation sites excluding steroid dienone is 1. The molecule has 0 radical (unpaired) electrons. The van der Waals surface area contributed by atoms with Gasteiger partial charge in [-0.25, -0.2) is 15.0 Å². The van der Waals surface area contributed by atoms with Gasteiger partial charge in [-0.1, -0.05) is 12.1 Å². The lowest BCUT2D eigenvalue weighted by atomic mass is 10.0. The third-order valence-corrected chi connectivity index (χ3v) is 6.73. The second kappa shape index (κ2) is 11.8. The van der Waals surface area contributed by atoms with Crippen LogP contribution in [0.5, 0.6) is 5.88 Å². The first kappa shape index (κ1) is 25.3. The molecule has 0 spiro atoms. The van der Waals surface area contributed by atoms with Crippen LogP contribution in [0.3, 0.4) is 0 Å². The van der Waals surface area contributed by atoms with E-state index in [4.69, 9.17) is 10.1 Å². The molecule has 0 unspecified atom stereocenters. The summed E-state index contributed by atoms with van der Waals surface area (Å²) in [5.74, 6) is 0.424. The number of nitrogens with zero attached hydrogens (tertiary/aromatic N) is 3. The van der Waals surface area contributed by atoms with Crippen LogP contribution < -0.4 is 20.7 Å². The number of hydrogen-bond acceptors (Lipinski definition) is 8. The number of aromatic nitrogens is 4. The molecular formula is C28H31FN8O. The number of piperidine rings is 1. The van der Waals surface area contributed by atoms with Gasteiger partial charge in [0, 0.05) is 77.7 Å². The summed E-state index contributed by atoms with van der Waals surface area (Å²) >= 11 is 0. The molecule has 196 valence electrons. The van der Waals surface area contributed by atoms with Crippen LogP contribution in [0.2, 0.25) is 0 Å². The average molecular weight is 515 g/mol. The molecule has 0 saturated carbocycles. The van der Waals surface area contributed by atoms with Crippen LogP contribution in [-0.4, -0.2) is 52.4 Å². The Bertz CT molecular complexity index is 1440. The van der Waals surface area contributed by atoms with Gasteiger partial charge in [-0.15, -0.1) is 0 Å². The average Bonchev–Trinajstić information content (AvgIpc) is 3.36. The molecule has 0 amide bonds. The number of H-pyrrole nitrogens is 1. The van der Waals surface area contributed by atoms with Crippen LogP contribution in [0, 0.1) is 11.4 Å². The molecular weight excluding hydrogens is 483 g/mol. The van der Waals surface area contributed by atoms with Crippen molar-refractivity contribution in [3.8, 4) is 5.88 Å². The fourth-order valence-electron chi connectivity index (χ4n) is 4.59. The predicted octanol–water partition coefficient (Wildman–Crippen LogP) is 4.04. The number of halogens is 1. The summed E-state index contributed by atoms with van der Waals surface area (Å²) in [6.07, 6.45) is 10.9. The van der Waals surface area contributed by atoms with Crippen molar-refractivity contribution in [2.75, 3.05) is 25.5 Å². The Morgan fingerprint density at radius 2 is 2.05 bits per heavy atom. The first-order chi connectivity index (χ1) is 18.6. The van der Waals surface area contributed by atoms with Gasteiger partial charge in [0.1, 0.15) is 11.5 Å². The Morgan fingerprint density at radius 3 is 2.84 bits per heavy atom. The van der Waals surface area contributed by atoms with Crippen molar-refractivity contribution in [2.45, 2.75) is 31.8 Å². The van der Waals surface area contributed by atoms with E-state index >= 15 is 0 Å². The molecule has 1 saturated heterocycles. The molecule has 5 rings (SSSR count). The topological polar surface area (TPSA) is 124 Å². The van der Waals surface area contributed by atoms with Crippen molar-refractivity contribution in [3.63, 3.8) is 0 Å². The van der Waals surface area contributed by atoms with Gasteiger partial charge in [-0.05, 0) is 49.7 Å². The highest BCUT2D eigenvalue weighted by Crippen LogP contribution is 2.25. The van der Waals surface area contributed by atoms with E-state index in [1.807, 2.05) is 30.6 Å². The third-order valence-electron chi connectivity index (χ3n) is 6.73. The Labute approximate surface area is 220 Å². The summed E-state index contributed by atoms with van der Waals surface area (Å²) in [5, 5.41) is 18.7. The van der Waals surface area contributed by atoms with Crippen molar-refractivity contribution in [3.05, 3.63) is 83.3 Å². The van der Waals surface area contributed by atoms with Gasteiger partial charge in [0.15, 0.2) is 0 Å². The van der Waals surface area contributed by atoms with Gasteiger partial charge in [-0.3, -0.25) is 0 Å². The fraction of sp³-hybridized carbons (Fsp3) is 0.286. The van der Waals surface area contributed by atoms with Crippen molar-refractivity contribution < 1.29 is 9.13 Å². The number of aromatic amines is 1. The molecule has 0 atom stereocenters. The van der Waals surface area contributed by atoms with Crippen LogP contribution in [0.15, 0.2) is 55.1 Å². The molecule has 0 aromatic carbocycles. The molecule has 1 fully saturated rings. The summed E-state index contributed by atoms with van der Waals surface area (Å²) < 4.78 is 20.3. The second-order valence-electron chi connectivity index (χ2n) is 9.22. The van der Waals surface area contributed by atoms with E-state index in [-0.39, 0.29) is 0 Å². The summed E-state index contributed by atoms with van der Waals surface area (Å²) in [7, 11) is 1.57. The quantitative estimate of drug-likeness (QED) is 0.160. The Kier molecular flexibility index (Phi) is 7.89. The largest absolute Gasteiger partial charge is 0.481 e. The van der Waals surface area contributed by atoms with Gasteiger partial charge in [0.2, 0.25) is 11.8 Å². The van der Waals surface area contributed by atoms with Crippen LogP contribution in [-0.2, 0) is 13.0 Å². The van der Waals surface area contributed by atoms with E-state index < -0.39 is 5.95 Å². The number of rotatable bonds is 10. The molecule has 1 aliphatic heterocycles. The van der Waals surface area contributed by atoms with Crippen molar-refractivity contribution in [1.82, 2.24) is 30.6 Å². The SMILES string of the molecule is COc1ncccc1CNc1ccc(Cc2c[nH]c3ncc(/C(C=N)=C/NC4CCNCC4)cc23)c(F)n1. The monoisotopic (exact) mass is 514 g/mol. The number of hydrogen-bond donors (Lipinski definition) is 5. The minimum absolute atomic E-state index is 0.359. The normalized spacial score (nSPS) is 14.4. The van der Waals surface area contributed by atoms with Gasteiger partial charge < -0.3 is 31.1 Å². The van der Waals surface area contributed by atoms with E-state index in [0.29, 0.717) is 36.3 Å². The van der Waals surface area contributed by atoms with E-state index in [1.54, 1.807) is 31.6 Å². The number of methoxy groups -OCH3 is 1. The maximum atomic E-state index is 15.0. The highest BCUT2D eigenvalue weighted by molar-refractivity contribution is 6.09. The zero-order valence-electron chi connectivity index (χ0n) is 21.2. The standard InChI is InChI=1S/C28H31FN8O/c1-38-28-19(3-2-8-32-28)14-34-25-5-4-18(26(29)37-25)11-21-16-36-27-24(21)12-20(15-35-27)22(13-30)17-33-23-6-9-31-10-7-23/h2-5,8,12-13,15-17,23,30-31,33H,6-7,9-11,14H2,1H3,(H,34,37)(H,35,36)/b22-17+,30-13?. The number of pyridine rings is 3. The summed E-state index contributed by atoms with van der Waals surface area (Å²) in [5.41, 5.74) is 4.55. The van der Waals surface area contributed by atoms with Gasteiger partial charge in [0.25, 0.3) is 0 Å². The van der Waals surface area contributed by atoms with Crippen LogP contribution >= 0.6 is 0 Å². The summed E-state index contributed by atoms with van der Waals surface area (Å²) in [6.45, 7) is 2.40. The fourth-order valence-corrected chi connectivity index (χ4v) is 4.59. The molecule has 10 heteroatoms. The molecule has 5 N–H and O–H groups in total. The van der Waals surface area contributed by atoms with Crippen molar-refractivity contribution in [2.24, 2.45) is 0 Å². The Balaban J connectivity index is 1.30. The smallest absolute Gasteiger partial charge is 0.218 e. The minimum Gasteiger partial charge on any atom is -0.481 e. The first-order valence-electron chi connectivity index (χ1n) is 12.7. The van der Waals surface area contributed by atoms with Gasteiger partial charge in [-0.2, -0.15) is 4.39 Å². The van der Waals surface area contributed by atoms with Crippen LogP contribution in [0.4, 0.5) is 10.2 Å². The zero-order valence-corrected chi connectivity index (χ0v) is 21.2. The van der Waals surface area contributed by atoms with E-state index in [9.17, 15) is 4.39 Å². The summed E-state index contributed by atoms with van der Waals surface area (Å²) in [4.78, 5) is 16.0. The van der Waals surface area contributed by atoms with Gasteiger partial charge >= 0.3 is 0 Å². The molecule has 38 heavy (non-hydrogen) atoms. The van der Waals surface area contributed by atoms with Crippen molar-refractivity contribution >= 4 is 28.6 Å². The van der Waals surface area contributed by atoms with Crippen LogP contribution in [0.25, 0.3) is 16.6 Å².